The minimum Gasteiger partial charge on any atom is -0.497 e. The quantitative estimate of drug-likeness (QED) is 0.685. The van der Waals surface area contributed by atoms with Crippen molar-refractivity contribution in [2.24, 2.45) is 0 Å². The predicted octanol–water partition coefficient (Wildman–Crippen LogP) is 3.99. The molecule has 1 heteroatoms. The van der Waals surface area contributed by atoms with E-state index in [1.165, 1.54) is 24.8 Å². The zero-order valence-corrected chi connectivity index (χ0v) is 9.42. The Balaban J connectivity index is 2.80. The molecule has 0 aliphatic rings. The summed E-state index contributed by atoms with van der Waals surface area (Å²) in [6.07, 6.45) is 3.72. The fourth-order valence-electron chi connectivity index (χ4n) is 1.85. The van der Waals surface area contributed by atoms with Gasteiger partial charge in [0.05, 0.1) is 7.11 Å². The predicted molar refractivity (Wildman–Crippen MR) is 60.9 cm³/mol. The number of ether oxygens (including phenoxy) is 1. The van der Waals surface area contributed by atoms with E-state index in [0.717, 1.165) is 5.75 Å². The van der Waals surface area contributed by atoms with Gasteiger partial charge in [-0.3, -0.25) is 0 Å². The fraction of sp³-hybridized carbons (Fsp3) is 0.538. The summed E-state index contributed by atoms with van der Waals surface area (Å²) in [5, 5.41) is 0. The molecule has 0 amide bonds. The molecule has 0 spiro atoms. The first-order valence-corrected chi connectivity index (χ1v) is 5.45. The van der Waals surface area contributed by atoms with Crippen molar-refractivity contribution >= 4 is 0 Å². The van der Waals surface area contributed by atoms with E-state index in [-0.39, 0.29) is 0 Å². The Bertz CT molecular complexity index is 268. The molecule has 0 saturated carbocycles. The van der Waals surface area contributed by atoms with Crippen LogP contribution in [0.15, 0.2) is 24.3 Å². The Labute approximate surface area is 87.1 Å². The van der Waals surface area contributed by atoms with E-state index in [0.29, 0.717) is 5.92 Å². The average Bonchev–Trinajstić information content (AvgIpc) is 2.26. The Morgan fingerprint density at radius 1 is 1.29 bits per heavy atom. The first-order chi connectivity index (χ1) is 6.81. The number of methoxy groups -OCH3 is 1. The largest absolute Gasteiger partial charge is 0.497 e. The van der Waals surface area contributed by atoms with Gasteiger partial charge in [-0.1, -0.05) is 32.4 Å². The molecule has 78 valence electrons. The monoisotopic (exact) mass is 192 g/mol. The number of benzene rings is 1. The summed E-state index contributed by atoms with van der Waals surface area (Å²) in [4.78, 5) is 0. The molecule has 1 aromatic carbocycles. The van der Waals surface area contributed by atoms with E-state index in [4.69, 9.17) is 4.74 Å². The van der Waals surface area contributed by atoms with Crippen molar-refractivity contribution in [1.82, 2.24) is 0 Å². The van der Waals surface area contributed by atoms with Gasteiger partial charge in [-0.05, 0) is 36.5 Å². The molecule has 0 radical (unpaired) electrons. The summed E-state index contributed by atoms with van der Waals surface area (Å²) in [5.41, 5.74) is 1.41. The van der Waals surface area contributed by atoms with Crippen LogP contribution in [0, 0.1) is 0 Å². The van der Waals surface area contributed by atoms with Gasteiger partial charge in [-0.2, -0.15) is 0 Å². The maximum atomic E-state index is 5.23. The second-order valence-electron chi connectivity index (χ2n) is 3.67. The maximum absolute atomic E-state index is 5.23. The zero-order chi connectivity index (χ0) is 10.4. The van der Waals surface area contributed by atoms with Crippen LogP contribution in [-0.2, 0) is 0 Å². The van der Waals surface area contributed by atoms with Gasteiger partial charge in [0.25, 0.3) is 0 Å². The molecule has 0 N–H and O–H groups in total. The van der Waals surface area contributed by atoms with Crippen LogP contribution in [0.5, 0.6) is 5.75 Å². The van der Waals surface area contributed by atoms with Crippen LogP contribution in [0.4, 0.5) is 0 Å². The minimum absolute atomic E-state index is 0.690. The van der Waals surface area contributed by atoms with E-state index >= 15 is 0 Å². The Morgan fingerprint density at radius 3 is 2.64 bits per heavy atom. The molecule has 1 atom stereocenters. The fourth-order valence-corrected chi connectivity index (χ4v) is 1.85. The molecule has 1 aromatic rings. The molecule has 0 fully saturated rings. The van der Waals surface area contributed by atoms with Crippen LogP contribution in [0.3, 0.4) is 0 Å². The molecule has 14 heavy (non-hydrogen) atoms. The van der Waals surface area contributed by atoms with Gasteiger partial charge >= 0.3 is 0 Å². The molecule has 0 heterocycles. The van der Waals surface area contributed by atoms with Crippen LogP contribution in [0.2, 0.25) is 0 Å². The molecule has 0 bridgehead atoms. The third-order valence-corrected chi connectivity index (χ3v) is 2.70. The van der Waals surface area contributed by atoms with Gasteiger partial charge in [0, 0.05) is 0 Å². The highest BCUT2D eigenvalue weighted by Crippen LogP contribution is 2.27. The number of rotatable bonds is 5. The highest BCUT2D eigenvalue weighted by molar-refractivity contribution is 5.30. The Morgan fingerprint density at radius 2 is 2.07 bits per heavy atom. The van der Waals surface area contributed by atoms with Crippen LogP contribution < -0.4 is 4.74 Å². The average molecular weight is 192 g/mol. The smallest absolute Gasteiger partial charge is 0.119 e. The zero-order valence-electron chi connectivity index (χ0n) is 9.42. The molecular weight excluding hydrogens is 172 g/mol. The van der Waals surface area contributed by atoms with E-state index < -0.39 is 0 Å². The van der Waals surface area contributed by atoms with E-state index in [1.807, 2.05) is 6.07 Å². The van der Waals surface area contributed by atoms with Crippen molar-refractivity contribution in [3.63, 3.8) is 0 Å². The van der Waals surface area contributed by atoms with Gasteiger partial charge in [0.2, 0.25) is 0 Å². The summed E-state index contributed by atoms with van der Waals surface area (Å²) in [5.74, 6) is 1.66. The first kappa shape index (κ1) is 11.1. The summed E-state index contributed by atoms with van der Waals surface area (Å²) in [6.45, 7) is 4.49. The van der Waals surface area contributed by atoms with Crippen LogP contribution in [0.25, 0.3) is 0 Å². The first-order valence-electron chi connectivity index (χ1n) is 5.45. The molecule has 0 saturated heterocycles. The van der Waals surface area contributed by atoms with Crippen molar-refractivity contribution in [3.05, 3.63) is 29.8 Å². The van der Waals surface area contributed by atoms with Gasteiger partial charge < -0.3 is 4.74 Å². The SMILES string of the molecule is CCCC(CC)c1cccc(OC)c1. The molecular formula is C13H20O. The van der Waals surface area contributed by atoms with Gasteiger partial charge in [0.15, 0.2) is 0 Å². The van der Waals surface area contributed by atoms with Crippen LogP contribution in [0.1, 0.15) is 44.6 Å². The number of hydrogen-bond donors (Lipinski definition) is 0. The molecule has 1 nitrogen and oxygen atoms in total. The van der Waals surface area contributed by atoms with Crippen molar-refractivity contribution in [2.45, 2.75) is 39.0 Å². The maximum Gasteiger partial charge on any atom is 0.119 e. The third kappa shape index (κ3) is 2.76. The van der Waals surface area contributed by atoms with Gasteiger partial charge in [-0.15, -0.1) is 0 Å². The van der Waals surface area contributed by atoms with Crippen molar-refractivity contribution < 1.29 is 4.74 Å². The second kappa shape index (κ2) is 5.69. The normalized spacial score (nSPS) is 12.5. The Kier molecular flexibility index (Phi) is 4.51. The number of hydrogen-bond acceptors (Lipinski definition) is 1. The van der Waals surface area contributed by atoms with Gasteiger partial charge in [0.1, 0.15) is 5.75 Å². The summed E-state index contributed by atoms with van der Waals surface area (Å²) in [7, 11) is 1.72. The van der Waals surface area contributed by atoms with Gasteiger partial charge in [-0.25, -0.2) is 0 Å². The summed E-state index contributed by atoms with van der Waals surface area (Å²) in [6, 6.07) is 8.44. The molecule has 0 aromatic heterocycles. The van der Waals surface area contributed by atoms with Crippen molar-refractivity contribution in [3.8, 4) is 5.75 Å². The lowest BCUT2D eigenvalue weighted by Crippen LogP contribution is -1.97. The molecule has 1 rings (SSSR count). The lowest BCUT2D eigenvalue weighted by molar-refractivity contribution is 0.413. The third-order valence-electron chi connectivity index (χ3n) is 2.70. The highest BCUT2D eigenvalue weighted by atomic mass is 16.5. The van der Waals surface area contributed by atoms with E-state index in [1.54, 1.807) is 7.11 Å². The van der Waals surface area contributed by atoms with E-state index in [9.17, 15) is 0 Å². The summed E-state index contributed by atoms with van der Waals surface area (Å²) < 4.78 is 5.23. The molecule has 0 aliphatic carbocycles. The molecule has 1 unspecified atom stereocenters. The Hall–Kier alpha value is -0.980. The highest BCUT2D eigenvalue weighted by Gasteiger charge is 2.08. The van der Waals surface area contributed by atoms with Crippen molar-refractivity contribution in [1.29, 1.82) is 0 Å². The molecule has 0 aliphatic heterocycles. The van der Waals surface area contributed by atoms with Crippen LogP contribution >= 0.6 is 0 Å². The van der Waals surface area contributed by atoms with Crippen molar-refractivity contribution in [2.75, 3.05) is 7.11 Å². The lowest BCUT2D eigenvalue weighted by atomic mass is 9.92. The summed E-state index contributed by atoms with van der Waals surface area (Å²) >= 11 is 0. The topological polar surface area (TPSA) is 9.23 Å². The minimum atomic E-state index is 0.690. The lowest BCUT2D eigenvalue weighted by Gasteiger charge is -2.14. The van der Waals surface area contributed by atoms with Crippen LogP contribution in [-0.4, -0.2) is 7.11 Å². The van der Waals surface area contributed by atoms with E-state index in [2.05, 4.69) is 32.0 Å². The second-order valence-corrected chi connectivity index (χ2v) is 3.67. The standard InChI is InChI=1S/C13H20O/c1-4-7-11(5-2)12-8-6-9-13(10-12)14-3/h6,8-11H,4-5,7H2,1-3H3.